The number of hydrogen-bond acceptors (Lipinski definition) is 5. The van der Waals surface area contributed by atoms with Gasteiger partial charge >= 0.3 is 5.97 Å². The molecule has 0 atom stereocenters. The van der Waals surface area contributed by atoms with Gasteiger partial charge in [-0.25, -0.2) is 4.79 Å². The quantitative estimate of drug-likeness (QED) is 0.515. The van der Waals surface area contributed by atoms with Crippen LogP contribution in [-0.2, 0) is 16.1 Å². The van der Waals surface area contributed by atoms with E-state index in [1.54, 1.807) is 24.3 Å². The zero-order valence-corrected chi connectivity index (χ0v) is 15.2. The van der Waals surface area contributed by atoms with Crippen LogP contribution in [0.15, 0.2) is 53.0 Å². The first kappa shape index (κ1) is 18.6. The van der Waals surface area contributed by atoms with Crippen molar-refractivity contribution in [1.29, 1.82) is 5.26 Å². The fourth-order valence-electron chi connectivity index (χ4n) is 1.96. The van der Waals surface area contributed by atoms with Gasteiger partial charge in [-0.2, -0.15) is 5.26 Å². The minimum Gasteiger partial charge on any atom is -0.493 e. The monoisotopic (exact) mass is 401 g/mol. The molecule has 0 N–H and O–H groups in total. The van der Waals surface area contributed by atoms with Crippen molar-refractivity contribution in [2.75, 3.05) is 13.7 Å². The average molecular weight is 402 g/mol. The summed E-state index contributed by atoms with van der Waals surface area (Å²) < 4.78 is 16.6. The number of halogens is 1. The van der Waals surface area contributed by atoms with Gasteiger partial charge < -0.3 is 14.2 Å². The van der Waals surface area contributed by atoms with Crippen LogP contribution in [0.3, 0.4) is 0 Å². The smallest absolute Gasteiger partial charge is 0.331 e. The molecule has 0 bridgehead atoms. The van der Waals surface area contributed by atoms with Gasteiger partial charge in [-0.1, -0.05) is 34.1 Å². The second-order valence-corrected chi connectivity index (χ2v) is 5.84. The Balaban J connectivity index is 1.94. The number of carbonyl (C=O) groups excluding carboxylic acids is 1. The van der Waals surface area contributed by atoms with Crippen LogP contribution in [0.5, 0.6) is 11.5 Å². The molecule has 2 aromatic rings. The third-order valence-corrected chi connectivity index (χ3v) is 3.71. The van der Waals surface area contributed by atoms with Gasteiger partial charge in [0.1, 0.15) is 12.7 Å². The fraction of sp³-hybridized carbons (Fsp3) is 0.158. The molecule has 2 rings (SSSR count). The van der Waals surface area contributed by atoms with E-state index in [4.69, 9.17) is 19.5 Å². The number of nitriles is 1. The maximum atomic E-state index is 11.8. The molecular formula is C19H16BrNO4. The lowest BCUT2D eigenvalue weighted by Gasteiger charge is -2.08. The summed E-state index contributed by atoms with van der Waals surface area (Å²) in [5.74, 6) is 0.520. The van der Waals surface area contributed by atoms with Crippen molar-refractivity contribution in [3.8, 4) is 17.6 Å². The number of rotatable bonds is 7. The van der Waals surface area contributed by atoms with Gasteiger partial charge in [0.25, 0.3) is 0 Å². The Hall–Kier alpha value is -2.78. The molecule has 128 valence electrons. The van der Waals surface area contributed by atoms with Gasteiger partial charge in [0.15, 0.2) is 18.1 Å². The van der Waals surface area contributed by atoms with E-state index >= 15 is 0 Å². The highest BCUT2D eigenvalue weighted by Crippen LogP contribution is 2.28. The normalized spacial score (nSPS) is 10.3. The number of benzene rings is 2. The van der Waals surface area contributed by atoms with E-state index in [2.05, 4.69) is 15.9 Å². The number of hydrogen-bond donors (Lipinski definition) is 0. The second-order valence-electron chi connectivity index (χ2n) is 4.92. The molecular weight excluding hydrogens is 386 g/mol. The van der Waals surface area contributed by atoms with Gasteiger partial charge in [0.05, 0.1) is 7.11 Å². The molecule has 0 aliphatic carbocycles. The van der Waals surface area contributed by atoms with Crippen LogP contribution in [0.1, 0.15) is 11.1 Å². The fourth-order valence-corrected chi connectivity index (χ4v) is 2.23. The Morgan fingerprint density at radius 2 is 1.96 bits per heavy atom. The number of methoxy groups -OCH3 is 1. The maximum Gasteiger partial charge on any atom is 0.331 e. The topological polar surface area (TPSA) is 68.6 Å². The van der Waals surface area contributed by atoms with Crippen LogP contribution in [0, 0.1) is 11.3 Å². The highest BCUT2D eigenvalue weighted by Gasteiger charge is 2.05. The first-order chi connectivity index (χ1) is 12.1. The van der Waals surface area contributed by atoms with E-state index in [0.29, 0.717) is 11.5 Å². The maximum absolute atomic E-state index is 11.8. The number of esters is 1. The molecule has 0 radical (unpaired) electrons. The van der Waals surface area contributed by atoms with E-state index in [1.165, 1.54) is 13.2 Å². The summed E-state index contributed by atoms with van der Waals surface area (Å²) in [4.78, 5) is 11.8. The Morgan fingerprint density at radius 3 is 2.64 bits per heavy atom. The van der Waals surface area contributed by atoms with E-state index in [0.717, 1.165) is 15.6 Å². The molecule has 0 saturated heterocycles. The van der Waals surface area contributed by atoms with Crippen LogP contribution < -0.4 is 9.47 Å². The highest BCUT2D eigenvalue weighted by atomic mass is 79.9. The molecule has 0 unspecified atom stereocenters. The number of nitrogens with zero attached hydrogens (tertiary/aromatic N) is 1. The summed E-state index contributed by atoms with van der Waals surface area (Å²) in [7, 11) is 1.51. The molecule has 0 aromatic heterocycles. The van der Waals surface area contributed by atoms with Crippen LogP contribution in [0.2, 0.25) is 0 Å². The summed E-state index contributed by atoms with van der Waals surface area (Å²) in [6.07, 6.45) is 2.98. The molecule has 2 aromatic carbocycles. The lowest BCUT2D eigenvalue weighted by Crippen LogP contribution is -2.00. The Morgan fingerprint density at radius 1 is 1.20 bits per heavy atom. The summed E-state index contributed by atoms with van der Waals surface area (Å²) >= 11 is 3.35. The van der Waals surface area contributed by atoms with E-state index in [9.17, 15) is 4.79 Å². The van der Waals surface area contributed by atoms with Gasteiger partial charge in [-0.05, 0) is 41.5 Å². The van der Waals surface area contributed by atoms with Gasteiger partial charge in [0, 0.05) is 10.5 Å². The van der Waals surface area contributed by atoms with Gasteiger partial charge in [-0.3, -0.25) is 0 Å². The first-order valence-electron chi connectivity index (χ1n) is 7.39. The second kappa shape index (κ2) is 9.50. The van der Waals surface area contributed by atoms with Gasteiger partial charge in [0.2, 0.25) is 0 Å². The van der Waals surface area contributed by atoms with Crippen molar-refractivity contribution >= 4 is 28.0 Å². The highest BCUT2D eigenvalue weighted by molar-refractivity contribution is 9.10. The predicted molar refractivity (Wildman–Crippen MR) is 97.1 cm³/mol. The zero-order chi connectivity index (χ0) is 18.1. The van der Waals surface area contributed by atoms with E-state index in [-0.39, 0.29) is 13.2 Å². The standard InChI is InChI=1S/C19H16BrNO4/c1-23-18-12-14(4-8-17(18)24-11-10-21)5-9-19(22)25-13-15-2-6-16(20)7-3-15/h2-9,12H,11,13H2,1H3. The zero-order valence-electron chi connectivity index (χ0n) is 13.6. The molecule has 0 amide bonds. The molecule has 6 heteroatoms. The van der Waals surface area contributed by atoms with Crippen LogP contribution in [0.4, 0.5) is 0 Å². The van der Waals surface area contributed by atoms with Gasteiger partial charge in [-0.15, -0.1) is 0 Å². The molecule has 5 nitrogen and oxygen atoms in total. The van der Waals surface area contributed by atoms with Crippen molar-refractivity contribution < 1.29 is 19.0 Å². The number of carbonyl (C=O) groups is 1. The van der Waals surface area contributed by atoms with Crippen molar-refractivity contribution in [3.05, 3.63) is 64.1 Å². The third-order valence-electron chi connectivity index (χ3n) is 3.19. The molecule has 0 aliphatic rings. The number of ether oxygens (including phenoxy) is 3. The van der Waals surface area contributed by atoms with Crippen LogP contribution in [-0.4, -0.2) is 19.7 Å². The molecule has 0 saturated carbocycles. The summed E-state index contributed by atoms with van der Waals surface area (Å²) in [6.45, 7) is 0.147. The largest absolute Gasteiger partial charge is 0.493 e. The molecule has 0 aliphatic heterocycles. The Kier molecular flexibility index (Phi) is 7.05. The van der Waals surface area contributed by atoms with Crippen molar-refractivity contribution in [3.63, 3.8) is 0 Å². The molecule has 0 heterocycles. The summed E-state index contributed by atoms with van der Waals surface area (Å²) in [6, 6.07) is 14.6. The lowest BCUT2D eigenvalue weighted by atomic mass is 10.2. The first-order valence-corrected chi connectivity index (χ1v) is 8.18. The molecule has 25 heavy (non-hydrogen) atoms. The van der Waals surface area contributed by atoms with Crippen LogP contribution >= 0.6 is 15.9 Å². The van der Waals surface area contributed by atoms with Crippen molar-refractivity contribution in [2.24, 2.45) is 0 Å². The molecule has 0 spiro atoms. The summed E-state index contributed by atoms with van der Waals surface area (Å²) in [5.41, 5.74) is 1.66. The lowest BCUT2D eigenvalue weighted by molar-refractivity contribution is -0.138. The average Bonchev–Trinajstić information content (AvgIpc) is 2.64. The van der Waals surface area contributed by atoms with Crippen molar-refractivity contribution in [1.82, 2.24) is 0 Å². The predicted octanol–water partition coefficient (Wildman–Crippen LogP) is 4.12. The molecule has 0 fully saturated rings. The minimum absolute atomic E-state index is 0.0616. The SMILES string of the molecule is COc1cc(C=CC(=O)OCc2ccc(Br)cc2)ccc1OCC#N. The van der Waals surface area contributed by atoms with E-state index < -0.39 is 5.97 Å². The minimum atomic E-state index is -0.438. The van der Waals surface area contributed by atoms with Crippen LogP contribution in [0.25, 0.3) is 6.08 Å². The third kappa shape index (κ3) is 5.98. The Bertz CT molecular complexity index is 794. The van der Waals surface area contributed by atoms with Crippen molar-refractivity contribution in [2.45, 2.75) is 6.61 Å². The summed E-state index contributed by atoms with van der Waals surface area (Å²) in [5, 5.41) is 8.56. The Labute approximate surface area is 154 Å². The van der Waals surface area contributed by atoms with E-state index in [1.807, 2.05) is 30.3 Å².